The molecule has 1 saturated heterocycles. The topological polar surface area (TPSA) is 29.5 Å². The molecular formula is C11H20INO2. The van der Waals surface area contributed by atoms with E-state index in [0.29, 0.717) is 9.84 Å². The van der Waals surface area contributed by atoms with Gasteiger partial charge >= 0.3 is 6.09 Å². The first-order chi connectivity index (χ1) is 6.79. The predicted octanol–water partition coefficient (Wildman–Crippen LogP) is 3.07. The van der Waals surface area contributed by atoms with Crippen LogP contribution in [0.4, 0.5) is 4.79 Å². The summed E-state index contributed by atoms with van der Waals surface area (Å²) in [6.45, 7) is 9.54. The Morgan fingerprint density at radius 1 is 1.47 bits per heavy atom. The van der Waals surface area contributed by atoms with Crippen molar-refractivity contribution in [1.29, 1.82) is 0 Å². The SMILES string of the molecule is CC1CN(C(=O)OC(C)(C)C)CCC1I. The van der Waals surface area contributed by atoms with Gasteiger partial charge in [-0.2, -0.15) is 0 Å². The summed E-state index contributed by atoms with van der Waals surface area (Å²) in [7, 11) is 0. The van der Waals surface area contributed by atoms with Crippen LogP contribution in [0.2, 0.25) is 0 Å². The first-order valence-corrected chi connectivity index (χ1v) is 6.66. The number of hydrogen-bond acceptors (Lipinski definition) is 2. The van der Waals surface area contributed by atoms with Crippen LogP contribution in [0.1, 0.15) is 34.1 Å². The third kappa shape index (κ3) is 4.17. The predicted molar refractivity (Wildman–Crippen MR) is 69.4 cm³/mol. The maximum Gasteiger partial charge on any atom is 0.410 e. The normalized spacial score (nSPS) is 27.7. The minimum atomic E-state index is -0.387. The van der Waals surface area contributed by atoms with Gasteiger partial charge < -0.3 is 9.64 Å². The molecule has 3 nitrogen and oxygen atoms in total. The second-order valence-corrected chi connectivity index (χ2v) is 6.81. The van der Waals surface area contributed by atoms with Gasteiger partial charge in [-0.05, 0) is 33.1 Å². The molecule has 1 aliphatic heterocycles. The highest BCUT2D eigenvalue weighted by Gasteiger charge is 2.29. The number of hydrogen-bond donors (Lipinski definition) is 0. The van der Waals surface area contributed by atoms with E-state index in [2.05, 4.69) is 29.5 Å². The lowest BCUT2D eigenvalue weighted by Crippen LogP contribution is -2.45. The van der Waals surface area contributed by atoms with Crippen LogP contribution in [-0.2, 0) is 4.74 Å². The zero-order valence-electron chi connectivity index (χ0n) is 9.92. The van der Waals surface area contributed by atoms with E-state index in [4.69, 9.17) is 4.74 Å². The zero-order valence-corrected chi connectivity index (χ0v) is 12.1. The van der Waals surface area contributed by atoms with Crippen LogP contribution in [0.5, 0.6) is 0 Å². The minimum absolute atomic E-state index is 0.169. The number of carbonyl (C=O) groups excluding carboxylic acids is 1. The summed E-state index contributed by atoms with van der Waals surface area (Å²) >= 11 is 2.47. The van der Waals surface area contributed by atoms with Crippen LogP contribution in [0.3, 0.4) is 0 Å². The van der Waals surface area contributed by atoms with E-state index in [9.17, 15) is 4.79 Å². The Morgan fingerprint density at radius 3 is 2.53 bits per heavy atom. The third-order valence-electron chi connectivity index (χ3n) is 2.45. The Kier molecular flexibility index (Phi) is 4.26. The molecule has 0 aromatic carbocycles. The number of rotatable bonds is 0. The standard InChI is InChI=1S/C11H20INO2/c1-8-7-13(6-5-9(8)12)10(14)15-11(2,3)4/h8-9H,5-7H2,1-4H3. The molecule has 0 aliphatic carbocycles. The van der Waals surface area contributed by atoms with Gasteiger partial charge in [-0.15, -0.1) is 0 Å². The average Bonchev–Trinajstić information content (AvgIpc) is 2.06. The number of carbonyl (C=O) groups is 1. The molecule has 0 aromatic rings. The van der Waals surface area contributed by atoms with E-state index < -0.39 is 0 Å². The third-order valence-corrected chi connectivity index (χ3v) is 4.30. The molecule has 0 bridgehead atoms. The molecule has 1 heterocycles. The second-order valence-electron chi connectivity index (χ2n) is 5.21. The van der Waals surface area contributed by atoms with Crippen LogP contribution in [-0.4, -0.2) is 33.6 Å². The van der Waals surface area contributed by atoms with Crippen molar-refractivity contribution >= 4 is 28.7 Å². The molecule has 0 aromatic heterocycles. The molecule has 1 amide bonds. The van der Waals surface area contributed by atoms with Crippen molar-refractivity contribution in [3.05, 3.63) is 0 Å². The minimum Gasteiger partial charge on any atom is -0.444 e. The van der Waals surface area contributed by atoms with E-state index in [1.54, 1.807) is 0 Å². The largest absolute Gasteiger partial charge is 0.444 e. The first-order valence-electron chi connectivity index (χ1n) is 5.41. The highest BCUT2D eigenvalue weighted by molar-refractivity contribution is 14.1. The van der Waals surface area contributed by atoms with Crippen LogP contribution < -0.4 is 0 Å². The van der Waals surface area contributed by atoms with Gasteiger partial charge in [-0.25, -0.2) is 4.79 Å². The maximum absolute atomic E-state index is 11.8. The Hall–Kier alpha value is 0. The molecule has 2 unspecified atom stereocenters. The molecule has 88 valence electrons. The Labute approximate surface area is 106 Å². The summed E-state index contributed by atoms with van der Waals surface area (Å²) in [5.74, 6) is 0.562. The summed E-state index contributed by atoms with van der Waals surface area (Å²) in [6, 6.07) is 0. The van der Waals surface area contributed by atoms with Gasteiger partial charge in [0.15, 0.2) is 0 Å². The number of likely N-dealkylation sites (tertiary alicyclic amines) is 1. The van der Waals surface area contributed by atoms with Crippen LogP contribution in [0.25, 0.3) is 0 Å². The van der Waals surface area contributed by atoms with Gasteiger partial charge in [0.1, 0.15) is 5.60 Å². The fraction of sp³-hybridized carbons (Fsp3) is 0.909. The van der Waals surface area contributed by atoms with Gasteiger partial charge in [0, 0.05) is 17.0 Å². The molecule has 1 rings (SSSR count). The van der Waals surface area contributed by atoms with Crippen molar-refractivity contribution < 1.29 is 9.53 Å². The van der Waals surface area contributed by atoms with E-state index in [0.717, 1.165) is 19.5 Å². The fourth-order valence-electron chi connectivity index (χ4n) is 1.61. The highest BCUT2D eigenvalue weighted by Crippen LogP contribution is 2.24. The second kappa shape index (κ2) is 4.89. The molecule has 1 aliphatic rings. The molecule has 0 radical (unpaired) electrons. The Morgan fingerprint density at radius 2 is 2.07 bits per heavy atom. The van der Waals surface area contributed by atoms with Crippen LogP contribution in [0, 0.1) is 5.92 Å². The zero-order chi connectivity index (χ0) is 11.6. The summed E-state index contributed by atoms with van der Waals surface area (Å²) in [5.41, 5.74) is -0.387. The number of piperidine rings is 1. The van der Waals surface area contributed by atoms with Crippen molar-refractivity contribution in [2.24, 2.45) is 5.92 Å². The summed E-state index contributed by atoms with van der Waals surface area (Å²) in [4.78, 5) is 13.6. The Balaban J connectivity index is 2.48. The molecule has 15 heavy (non-hydrogen) atoms. The maximum atomic E-state index is 11.8. The number of alkyl halides is 1. The lowest BCUT2D eigenvalue weighted by Gasteiger charge is -2.35. The van der Waals surface area contributed by atoms with Gasteiger partial charge in [-0.3, -0.25) is 0 Å². The average molecular weight is 325 g/mol. The van der Waals surface area contributed by atoms with Crippen LogP contribution in [0.15, 0.2) is 0 Å². The summed E-state index contributed by atoms with van der Waals surface area (Å²) in [6.07, 6.45) is 0.902. The van der Waals surface area contributed by atoms with Crippen molar-refractivity contribution in [2.75, 3.05) is 13.1 Å². The molecule has 4 heteroatoms. The molecule has 2 atom stereocenters. The van der Waals surface area contributed by atoms with Crippen molar-refractivity contribution in [3.63, 3.8) is 0 Å². The van der Waals surface area contributed by atoms with Gasteiger partial charge in [0.25, 0.3) is 0 Å². The Bertz CT molecular complexity index is 237. The van der Waals surface area contributed by atoms with E-state index in [1.165, 1.54) is 0 Å². The molecular weight excluding hydrogens is 305 g/mol. The molecule has 1 fully saturated rings. The number of ether oxygens (including phenoxy) is 1. The van der Waals surface area contributed by atoms with Gasteiger partial charge in [0.05, 0.1) is 0 Å². The quantitative estimate of drug-likeness (QED) is 0.506. The molecule has 0 spiro atoms. The van der Waals surface area contributed by atoms with Crippen molar-refractivity contribution in [3.8, 4) is 0 Å². The number of amides is 1. The molecule has 0 N–H and O–H groups in total. The monoisotopic (exact) mass is 325 g/mol. The number of nitrogens with zero attached hydrogens (tertiary/aromatic N) is 1. The van der Waals surface area contributed by atoms with E-state index in [-0.39, 0.29) is 11.7 Å². The van der Waals surface area contributed by atoms with E-state index in [1.807, 2.05) is 25.7 Å². The van der Waals surface area contributed by atoms with E-state index >= 15 is 0 Å². The van der Waals surface area contributed by atoms with Crippen molar-refractivity contribution in [2.45, 2.75) is 43.6 Å². The highest BCUT2D eigenvalue weighted by atomic mass is 127. The van der Waals surface area contributed by atoms with Crippen LogP contribution >= 0.6 is 22.6 Å². The lowest BCUT2D eigenvalue weighted by molar-refractivity contribution is 0.0184. The summed E-state index contributed by atoms with van der Waals surface area (Å²) < 4.78 is 6.03. The smallest absolute Gasteiger partial charge is 0.410 e. The lowest BCUT2D eigenvalue weighted by atomic mass is 10.0. The summed E-state index contributed by atoms with van der Waals surface area (Å²) in [5, 5.41) is 0. The van der Waals surface area contributed by atoms with Crippen molar-refractivity contribution in [1.82, 2.24) is 4.90 Å². The van der Waals surface area contributed by atoms with Gasteiger partial charge in [-0.1, -0.05) is 29.5 Å². The first kappa shape index (κ1) is 13.1. The van der Waals surface area contributed by atoms with Gasteiger partial charge in [0.2, 0.25) is 0 Å². The fourth-order valence-corrected chi connectivity index (χ4v) is 2.12. The molecule has 0 saturated carbocycles. The number of halogens is 1.